The van der Waals surface area contributed by atoms with Crippen LogP contribution in [-0.2, 0) is 6.54 Å². The zero-order valence-electron chi connectivity index (χ0n) is 9.25. The van der Waals surface area contributed by atoms with Gasteiger partial charge in [0.25, 0.3) is 0 Å². The van der Waals surface area contributed by atoms with Crippen LogP contribution in [0.5, 0.6) is 0 Å². The van der Waals surface area contributed by atoms with Gasteiger partial charge >= 0.3 is 0 Å². The van der Waals surface area contributed by atoms with Crippen molar-refractivity contribution >= 4 is 38.9 Å². The van der Waals surface area contributed by atoms with Gasteiger partial charge in [0, 0.05) is 35.0 Å². The summed E-state index contributed by atoms with van der Waals surface area (Å²) in [6, 6.07) is 2.49. The quantitative estimate of drug-likeness (QED) is 0.904. The van der Waals surface area contributed by atoms with E-state index >= 15 is 0 Å². The summed E-state index contributed by atoms with van der Waals surface area (Å²) in [7, 11) is 0. The van der Waals surface area contributed by atoms with Gasteiger partial charge in [-0.25, -0.2) is 0 Å². The predicted octanol–water partition coefficient (Wildman–Crippen LogP) is 3.33. The number of thiophene rings is 1. The average Bonchev–Trinajstić information content (AvgIpc) is 2.52. The van der Waals surface area contributed by atoms with Crippen molar-refractivity contribution in [1.82, 2.24) is 4.90 Å². The molecule has 0 saturated carbocycles. The fourth-order valence-electron chi connectivity index (χ4n) is 2.08. The Balaban J connectivity index is 1.95. The molecule has 2 atom stereocenters. The highest BCUT2D eigenvalue weighted by molar-refractivity contribution is 9.10. The van der Waals surface area contributed by atoms with Crippen LogP contribution in [0.1, 0.15) is 18.2 Å². The van der Waals surface area contributed by atoms with E-state index < -0.39 is 0 Å². The first-order chi connectivity index (χ1) is 7.56. The first-order valence-electron chi connectivity index (χ1n) is 5.48. The van der Waals surface area contributed by atoms with E-state index in [9.17, 15) is 0 Å². The highest BCUT2D eigenvalue weighted by atomic mass is 79.9. The highest BCUT2D eigenvalue weighted by Crippen LogP contribution is 2.33. The van der Waals surface area contributed by atoms with Crippen LogP contribution in [0, 0.1) is 5.92 Å². The van der Waals surface area contributed by atoms with Crippen LogP contribution in [-0.4, -0.2) is 24.0 Å². The van der Waals surface area contributed by atoms with Crippen LogP contribution >= 0.6 is 38.9 Å². The molecule has 16 heavy (non-hydrogen) atoms. The Labute approximate surface area is 114 Å². The molecule has 5 heteroatoms. The number of likely N-dealkylation sites (tertiary alicyclic amines) is 1. The molecular weight excluding hydrogens is 308 g/mol. The Hall–Kier alpha value is 0.390. The van der Waals surface area contributed by atoms with Crippen molar-refractivity contribution < 1.29 is 0 Å². The molecule has 2 N–H and O–H groups in total. The van der Waals surface area contributed by atoms with Crippen LogP contribution in [0.4, 0.5) is 0 Å². The Morgan fingerprint density at radius 1 is 1.69 bits per heavy atom. The van der Waals surface area contributed by atoms with Crippen LogP contribution in [0.3, 0.4) is 0 Å². The van der Waals surface area contributed by atoms with Crippen molar-refractivity contribution in [2.75, 3.05) is 13.1 Å². The summed E-state index contributed by atoms with van der Waals surface area (Å²) in [6.07, 6.45) is 1.10. The van der Waals surface area contributed by atoms with Gasteiger partial charge in [-0.3, -0.25) is 4.90 Å². The van der Waals surface area contributed by atoms with Gasteiger partial charge in [0.15, 0.2) is 0 Å². The minimum Gasteiger partial charge on any atom is -0.327 e. The Morgan fingerprint density at radius 3 is 3.00 bits per heavy atom. The van der Waals surface area contributed by atoms with E-state index in [2.05, 4.69) is 33.8 Å². The molecule has 1 aliphatic rings. The smallest absolute Gasteiger partial charge is 0.107 e. The van der Waals surface area contributed by atoms with E-state index in [0.717, 1.165) is 34.9 Å². The van der Waals surface area contributed by atoms with Crippen molar-refractivity contribution in [2.24, 2.45) is 11.7 Å². The maximum atomic E-state index is 6.03. The van der Waals surface area contributed by atoms with Gasteiger partial charge < -0.3 is 5.73 Å². The van der Waals surface area contributed by atoms with E-state index in [1.807, 2.05) is 0 Å². The van der Waals surface area contributed by atoms with Crippen molar-refractivity contribution in [3.05, 3.63) is 19.8 Å². The Kier molecular flexibility index (Phi) is 4.30. The second-order valence-electron chi connectivity index (χ2n) is 4.50. The number of rotatable bonds is 2. The number of hydrogen-bond acceptors (Lipinski definition) is 3. The zero-order valence-corrected chi connectivity index (χ0v) is 12.4. The third-order valence-electron chi connectivity index (χ3n) is 3.13. The fraction of sp³-hybridized carbons (Fsp3) is 0.636. The minimum atomic E-state index is 0.370. The zero-order chi connectivity index (χ0) is 11.7. The van der Waals surface area contributed by atoms with Crippen molar-refractivity contribution in [1.29, 1.82) is 0 Å². The normalized spacial score (nSPS) is 27.2. The maximum absolute atomic E-state index is 6.03. The molecule has 0 aliphatic carbocycles. The average molecular weight is 324 g/mol. The number of nitrogens with two attached hydrogens (primary N) is 1. The van der Waals surface area contributed by atoms with Gasteiger partial charge in [0.1, 0.15) is 4.34 Å². The van der Waals surface area contributed by atoms with Crippen LogP contribution in [0.25, 0.3) is 0 Å². The summed E-state index contributed by atoms with van der Waals surface area (Å²) >= 11 is 11.1. The molecule has 0 radical (unpaired) electrons. The van der Waals surface area contributed by atoms with Gasteiger partial charge in [-0.1, -0.05) is 18.5 Å². The first kappa shape index (κ1) is 12.8. The van der Waals surface area contributed by atoms with Gasteiger partial charge in [-0.15, -0.1) is 11.3 Å². The van der Waals surface area contributed by atoms with Crippen molar-refractivity contribution in [3.63, 3.8) is 0 Å². The molecule has 1 saturated heterocycles. The summed E-state index contributed by atoms with van der Waals surface area (Å²) in [6.45, 7) is 5.41. The van der Waals surface area contributed by atoms with Crippen molar-refractivity contribution in [2.45, 2.75) is 25.9 Å². The lowest BCUT2D eigenvalue weighted by atomic mass is 9.95. The molecule has 1 fully saturated rings. The molecule has 2 unspecified atom stereocenters. The van der Waals surface area contributed by atoms with Gasteiger partial charge in [-0.2, -0.15) is 0 Å². The molecule has 1 aromatic heterocycles. The lowest BCUT2D eigenvalue weighted by Gasteiger charge is -2.34. The Morgan fingerprint density at radius 2 is 2.44 bits per heavy atom. The molecule has 2 heterocycles. The molecule has 0 bridgehead atoms. The summed E-state index contributed by atoms with van der Waals surface area (Å²) in [5.74, 6) is 0.590. The van der Waals surface area contributed by atoms with E-state index in [-0.39, 0.29) is 0 Å². The maximum Gasteiger partial charge on any atom is 0.107 e. The fourth-order valence-corrected chi connectivity index (χ4v) is 3.92. The summed E-state index contributed by atoms with van der Waals surface area (Å²) in [5, 5.41) is 0. The summed E-state index contributed by atoms with van der Waals surface area (Å²) in [5.41, 5.74) is 6.01. The number of piperidine rings is 1. The van der Waals surface area contributed by atoms with Crippen LogP contribution in [0.2, 0.25) is 4.34 Å². The Bertz CT molecular complexity index is 349. The van der Waals surface area contributed by atoms with Gasteiger partial charge in [-0.05, 0) is 34.3 Å². The predicted molar refractivity (Wildman–Crippen MR) is 74.1 cm³/mol. The highest BCUT2D eigenvalue weighted by Gasteiger charge is 2.23. The van der Waals surface area contributed by atoms with Gasteiger partial charge in [0.2, 0.25) is 0 Å². The lowest BCUT2D eigenvalue weighted by molar-refractivity contribution is 0.159. The van der Waals surface area contributed by atoms with E-state index in [1.54, 1.807) is 11.3 Å². The molecule has 0 amide bonds. The monoisotopic (exact) mass is 322 g/mol. The third kappa shape index (κ3) is 2.99. The molecule has 0 aromatic carbocycles. The second kappa shape index (κ2) is 5.36. The number of nitrogens with zero attached hydrogens (tertiary/aromatic N) is 1. The number of hydrogen-bond donors (Lipinski definition) is 1. The third-order valence-corrected chi connectivity index (χ3v) is 5.59. The minimum absolute atomic E-state index is 0.370. The molecular formula is C11H16BrClN2S. The topological polar surface area (TPSA) is 29.3 Å². The van der Waals surface area contributed by atoms with Crippen molar-refractivity contribution in [3.8, 4) is 0 Å². The van der Waals surface area contributed by atoms with Crippen LogP contribution < -0.4 is 5.73 Å². The molecule has 1 aliphatic heterocycles. The van der Waals surface area contributed by atoms with E-state index in [1.165, 1.54) is 4.88 Å². The molecule has 90 valence electrons. The second-order valence-corrected chi connectivity index (χ2v) is 7.09. The molecule has 2 nitrogen and oxygen atoms in total. The lowest BCUT2D eigenvalue weighted by Crippen LogP contribution is -2.45. The molecule has 0 spiro atoms. The first-order valence-corrected chi connectivity index (χ1v) is 7.46. The summed E-state index contributed by atoms with van der Waals surface area (Å²) < 4.78 is 1.85. The van der Waals surface area contributed by atoms with Gasteiger partial charge in [0.05, 0.1) is 0 Å². The van der Waals surface area contributed by atoms with Crippen LogP contribution in [0.15, 0.2) is 10.5 Å². The summed E-state index contributed by atoms with van der Waals surface area (Å²) in [4.78, 5) is 3.78. The van der Waals surface area contributed by atoms with E-state index in [4.69, 9.17) is 17.3 Å². The molecule has 2 rings (SSSR count). The van der Waals surface area contributed by atoms with E-state index in [0.29, 0.717) is 12.0 Å². The SMILES string of the molecule is CC1CN(Cc2cc(Br)c(Cl)s2)CCC1N. The standard InChI is InChI=1S/C11H16BrClN2S/c1-7-5-15(3-2-10(7)14)6-8-4-9(12)11(13)16-8/h4,7,10H,2-3,5-6,14H2,1H3. The largest absolute Gasteiger partial charge is 0.327 e. The molecule has 1 aromatic rings. The number of halogens is 2.